The maximum atomic E-state index is 4.33. The SMILES string of the molecule is Cc1nc2cnnn2c(C)c1C. The standard InChI is InChI=1S/C8H10N4/c1-5-6(2)10-8-4-9-11-12(8)7(5)3/h4H,1-3H3. The smallest absolute Gasteiger partial charge is 0.176 e. The van der Waals surface area contributed by atoms with Gasteiger partial charge in [-0.2, -0.15) is 4.52 Å². The van der Waals surface area contributed by atoms with Crippen LogP contribution >= 0.6 is 0 Å². The van der Waals surface area contributed by atoms with E-state index in [0.29, 0.717) is 0 Å². The average Bonchev–Trinajstić information content (AvgIpc) is 2.48. The minimum Gasteiger partial charge on any atom is -0.232 e. The molecule has 2 aromatic rings. The molecule has 4 nitrogen and oxygen atoms in total. The van der Waals surface area contributed by atoms with Crippen LogP contribution in [0.1, 0.15) is 17.0 Å². The maximum Gasteiger partial charge on any atom is 0.176 e. The Morgan fingerprint density at radius 1 is 1.25 bits per heavy atom. The highest BCUT2D eigenvalue weighted by Crippen LogP contribution is 2.10. The number of nitrogens with zero attached hydrogens (tertiary/aromatic N) is 4. The highest BCUT2D eigenvalue weighted by molar-refractivity contribution is 5.39. The third-order valence-electron chi connectivity index (χ3n) is 2.22. The van der Waals surface area contributed by atoms with E-state index in [4.69, 9.17) is 0 Å². The van der Waals surface area contributed by atoms with Crippen molar-refractivity contribution in [3.05, 3.63) is 23.1 Å². The Hall–Kier alpha value is -1.45. The zero-order valence-corrected chi connectivity index (χ0v) is 7.37. The van der Waals surface area contributed by atoms with E-state index in [1.54, 1.807) is 10.7 Å². The van der Waals surface area contributed by atoms with Crippen molar-refractivity contribution in [1.29, 1.82) is 0 Å². The Labute approximate surface area is 70.2 Å². The van der Waals surface area contributed by atoms with Gasteiger partial charge in [-0.05, 0) is 26.3 Å². The lowest BCUT2D eigenvalue weighted by Gasteiger charge is -2.04. The molecule has 2 aromatic heterocycles. The van der Waals surface area contributed by atoms with Gasteiger partial charge < -0.3 is 0 Å². The second-order valence-corrected chi connectivity index (χ2v) is 2.91. The lowest BCUT2D eigenvalue weighted by molar-refractivity contribution is 0.805. The topological polar surface area (TPSA) is 43.1 Å². The Morgan fingerprint density at radius 3 is 2.75 bits per heavy atom. The number of aryl methyl sites for hydroxylation is 2. The van der Waals surface area contributed by atoms with Crippen molar-refractivity contribution in [2.24, 2.45) is 0 Å². The molecule has 2 heterocycles. The van der Waals surface area contributed by atoms with Crippen molar-refractivity contribution in [2.45, 2.75) is 20.8 Å². The first-order valence-electron chi connectivity index (χ1n) is 3.84. The van der Waals surface area contributed by atoms with E-state index in [-0.39, 0.29) is 0 Å². The zero-order valence-electron chi connectivity index (χ0n) is 7.37. The monoisotopic (exact) mass is 162 g/mol. The summed E-state index contributed by atoms with van der Waals surface area (Å²) in [5.74, 6) is 0. The highest BCUT2D eigenvalue weighted by atomic mass is 15.4. The molecule has 0 aliphatic heterocycles. The van der Waals surface area contributed by atoms with E-state index >= 15 is 0 Å². The summed E-state index contributed by atoms with van der Waals surface area (Å²) in [7, 11) is 0. The molecule has 12 heavy (non-hydrogen) atoms. The second kappa shape index (κ2) is 2.27. The number of hydrogen-bond donors (Lipinski definition) is 0. The first kappa shape index (κ1) is 7.21. The van der Waals surface area contributed by atoms with Gasteiger partial charge in [0, 0.05) is 11.4 Å². The quantitative estimate of drug-likeness (QED) is 0.581. The van der Waals surface area contributed by atoms with Gasteiger partial charge in [-0.15, -0.1) is 5.10 Å². The normalized spacial score (nSPS) is 10.9. The predicted molar refractivity (Wildman–Crippen MR) is 45.0 cm³/mol. The summed E-state index contributed by atoms with van der Waals surface area (Å²) in [6.45, 7) is 6.06. The van der Waals surface area contributed by atoms with E-state index in [1.807, 2.05) is 20.8 Å². The fraction of sp³-hybridized carbons (Fsp3) is 0.375. The third-order valence-corrected chi connectivity index (χ3v) is 2.22. The van der Waals surface area contributed by atoms with E-state index < -0.39 is 0 Å². The van der Waals surface area contributed by atoms with Crippen LogP contribution in [0.25, 0.3) is 5.65 Å². The van der Waals surface area contributed by atoms with Gasteiger partial charge in [0.2, 0.25) is 0 Å². The molecular formula is C8H10N4. The van der Waals surface area contributed by atoms with Crippen LogP contribution in [0.5, 0.6) is 0 Å². The Balaban J connectivity index is 2.94. The summed E-state index contributed by atoms with van der Waals surface area (Å²) >= 11 is 0. The summed E-state index contributed by atoms with van der Waals surface area (Å²) in [5.41, 5.74) is 4.14. The molecule has 0 aromatic carbocycles. The van der Waals surface area contributed by atoms with Crippen LogP contribution in [-0.2, 0) is 0 Å². The third kappa shape index (κ3) is 0.809. The van der Waals surface area contributed by atoms with Crippen molar-refractivity contribution in [3.8, 4) is 0 Å². The second-order valence-electron chi connectivity index (χ2n) is 2.91. The predicted octanol–water partition coefficient (Wildman–Crippen LogP) is 1.05. The van der Waals surface area contributed by atoms with E-state index in [1.165, 1.54) is 5.56 Å². The van der Waals surface area contributed by atoms with Crippen LogP contribution in [0.15, 0.2) is 6.20 Å². The lowest BCUT2D eigenvalue weighted by atomic mass is 10.2. The Morgan fingerprint density at radius 2 is 2.00 bits per heavy atom. The fourth-order valence-corrected chi connectivity index (χ4v) is 1.22. The molecule has 4 heteroatoms. The molecule has 2 rings (SSSR count). The van der Waals surface area contributed by atoms with Gasteiger partial charge in [0.15, 0.2) is 5.65 Å². The Kier molecular flexibility index (Phi) is 1.36. The maximum absolute atomic E-state index is 4.33. The average molecular weight is 162 g/mol. The molecule has 0 unspecified atom stereocenters. The molecular weight excluding hydrogens is 152 g/mol. The summed E-state index contributed by atoms with van der Waals surface area (Å²) in [6, 6.07) is 0. The molecule has 0 radical (unpaired) electrons. The van der Waals surface area contributed by atoms with Gasteiger partial charge in [-0.3, -0.25) is 0 Å². The number of aromatic nitrogens is 4. The van der Waals surface area contributed by atoms with Gasteiger partial charge in [0.1, 0.15) is 0 Å². The molecule has 0 fully saturated rings. The molecule has 0 saturated carbocycles. The number of hydrogen-bond acceptors (Lipinski definition) is 3. The Bertz CT molecular complexity index is 430. The molecule has 0 N–H and O–H groups in total. The molecule has 62 valence electrons. The van der Waals surface area contributed by atoms with Gasteiger partial charge in [0.25, 0.3) is 0 Å². The van der Waals surface area contributed by atoms with Crippen molar-refractivity contribution in [3.63, 3.8) is 0 Å². The molecule has 0 bridgehead atoms. The first-order chi connectivity index (χ1) is 5.70. The van der Waals surface area contributed by atoms with Crippen molar-refractivity contribution in [1.82, 2.24) is 19.8 Å². The highest BCUT2D eigenvalue weighted by Gasteiger charge is 2.05. The van der Waals surface area contributed by atoms with Crippen molar-refractivity contribution in [2.75, 3.05) is 0 Å². The van der Waals surface area contributed by atoms with Crippen molar-refractivity contribution >= 4 is 5.65 Å². The van der Waals surface area contributed by atoms with Crippen LogP contribution in [0, 0.1) is 20.8 Å². The zero-order chi connectivity index (χ0) is 8.72. The first-order valence-corrected chi connectivity index (χ1v) is 3.84. The summed E-state index contributed by atoms with van der Waals surface area (Å²) < 4.78 is 1.75. The summed E-state index contributed by atoms with van der Waals surface area (Å²) in [6.07, 6.45) is 1.67. The van der Waals surface area contributed by atoms with Crippen LogP contribution in [0.3, 0.4) is 0 Å². The van der Waals surface area contributed by atoms with Crippen LogP contribution in [0.2, 0.25) is 0 Å². The van der Waals surface area contributed by atoms with Crippen LogP contribution < -0.4 is 0 Å². The summed E-state index contributed by atoms with van der Waals surface area (Å²) in [4.78, 5) is 4.33. The lowest BCUT2D eigenvalue weighted by Crippen LogP contribution is -2.01. The van der Waals surface area contributed by atoms with Gasteiger partial charge in [0.05, 0.1) is 6.20 Å². The van der Waals surface area contributed by atoms with Crippen LogP contribution in [0.4, 0.5) is 0 Å². The van der Waals surface area contributed by atoms with E-state index in [9.17, 15) is 0 Å². The van der Waals surface area contributed by atoms with E-state index in [0.717, 1.165) is 17.0 Å². The number of rotatable bonds is 0. The van der Waals surface area contributed by atoms with Gasteiger partial charge in [-0.25, -0.2) is 4.98 Å². The molecule has 0 atom stereocenters. The fourth-order valence-electron chi connectivity index (χ4n) is 1.22. The van der Waals surface area contributed by atoms with Gasteiger partial charge in [-0.1, -0.05) is 5.21 Å². The minimum atomic E-state index is 0.815. The van der Waals surface area contributed by atoms with E-state index in [2.05, 4.69) is 15.3 Å². The molecule has 0 aliphatic rings. The van der Waals surface area contributed by atoms with Gasteiger partial charge >= 0.3 is 0 Å². The molecule has 0 aliphatic carbocycles. The van der Waals surface area contributed by atoms with Crippen LogP contribution in [-0.4, -0.2) is 19.8 Å². The molecule has 0 saturated heterocycles. The largest absolute Gasteiger partial charge is 0.232 e. The minimum absolute atomic E-state index is 0.815. The number of fused-ring (bicyclic) bond motifs is 1. The van der Waals surface area contributed by atoms with Crippen molar-refractivity contribution < 1.29 is 0 Å². The molecule has 0 spiro atoms. The molecule has 0 amide bonds. The summed E-state index contributed by atoms with van der Waals surface area (Å²) in [5, 5.41) is 7.72.